The zero-order chi connectivity index (χ0) is 15.5. The van der Waals surface area contributed by atoms with Crippen molar-refractivity contribution in [3.63, 3.8) is 0 Å². The van der Waals surface area contributed by atoms with Gasteiger partial charge in [-0.1, -0.05) is 30.3 Å². The average Bonchev–Trinajstić information content (AvgIpc) is 2.48. The minimum atomic E-state index is -3.39. The molecule has 1 saturated heterocycles. The van der Waals surface area contributed by atoms with Crippen LogP contribution in [0.15, 0.2) is 30.3 Å². The zero-order valence-electron chi connectivity index (χ0n) is 13.1. The van der Waals surface area contributed by atoms with Crippen molar-refractivity contribution in [2.75, 3.05) is 34.2 Å². The molecule has 118 valence electrons. The summed E-state index contributed by atoms with van der Waals surface area (Å²) in [6, 6.07) is 10.00. The standard InChI is InChI=1S/C15H25N3O2S/c1-16(2)15-10-7-11-18(13-15)21(19,20)17(3)12-14-8-5-4-6-9-14/h4-6,8-9,15H,7,10-13H2,1-3H3. The highest BCUT2D eigenvalue weighted by Gasteiger charge is 2.32. The predicted octanol–water partition coefficient (Wildman–Crippen LogP) is 1.39. The van der Waals surface area contributed by atoms with Crippen molar-refractivity contribution in [2.45, 2.75) is 25.4 Å². The molecule has 1 heterocycles. The fourth-order valence-corrected chi connectivity index (χ4v) is 4.10. The molecule has 21 heavy (non-hydrogen) atoms. The van der Waals surface area contributed by atoms with Crippen molar-refractivity contribution in [3.8, 4) is 0 Å². The van der Waals surface area contributed by atoms with Crippen molar-refractivity contribution in [3.05, 3.63) is 35.9 Å². The Morgan fingerprint density at radius 3 is 2.48 bits per heavy atom. The minimum Gasteiger partial charge on any atom is -0.305 e. The SMILES string of the molecule is CN(C)C1CCCN(S(=O)(=O)N(C)Cc2ccccc2)C1. The van der Waals surface area contributed by atoms with E-state index in [1.54, 1.807) is 11.4 Å². The number of rotatable bonds is 5. The van der Waals surface area contributed by atoms with Crippen molar-refractivity contribution in [1.82, 2.24) is 13.5 Å². The van der Waals surface area contributed by atoms with E-state index < -0.39 is 10.2 Å². The average molecular weight is 311 g/mol. The second kappa shape index (κ2) is 6.87. The molecule has 1 atom stereocenters. The quantitative estimate of drug-likeness (QED) is 0.825. The van der Waals surface area contributed by atoms with Crippen LogP contribution in [-0.4, -0.2) is 62.2 Å². The third-order valence-electron chi connectivity index (χ3n) is 4.06. The molecule has 0 saturated carbocycles. The highest BCUT2D eigenvalue weighted by Crippen LogP contribution is 2.19. The smallest absolute Gasteiger partial charge is 0.282 e. The Labute approximate surface area is 128 Å². The molecule has 0 spiro atoms. The van der Waals surface area contributed by atoms with Crippen LogP contribution >= 0.6 is 0 Å². The number of likely N-dealkylation sites (N-methyl/N-ethyl adjacent to an activating group) is 1. The summed E-state index contributed by atoms with van der Waals surface area (Å²) >= 11 is 0. The Morgan fingerprint density at radius 2 is 1.86 bits per heavy atom. The molecule has 0 bridgehead atoms. The molecule has 0 N–H and O–H groups in total. The number of hydrogen-bond donors (Lipinski definition) is 0. The highest BCUT2D eigenvalue weighted by atomic mass is 32.2. The van der Waals surface area contributed by atoms with E-state index >= 15 is 0 Å². The monoisotopic (exact) mass is 311 g/mol. The Morgan fingerprint density at radius 1 is 1.19 bits per heavy atom. The first-order chi connectivity index (χ1) is 9.91. The summed E-state index contributed by atoms with van der Waals surface area (Å²) in [7, 11) is 2.28. The lowest BCUT2D eigenvalue weighted by Gasteiger charge is -2.37. The van der Waals surface area contributed by atoms with Gasteiger partial charge in [0.2, 0.25) is 0 Å². The van der Waals surface area contributed by atoms with E-state index in [1.165, 1.54) is 4.31 Å². The van der Waals surface area contributed by atoms with Crippen molar-refractivity contribution < 1.29 is 8.42 Å². The second-order valence-electron chi connectivity index (χ2n) is 5.87. The van der Waals surface area contributed by atoms with Gasteiger partial charge < -0.3 is 4.90 Å². The van der Waals surface area contributed by atoms with Crippen LogP contribution in [0.5, 0.6) is 0 Å². The maximum Gasteiger partial charge on any atom is 0.282 e. The van der Waals surface area contributed by atoms with E-state index in [4.69, 9.17) is 0 Å². The van der Waals surface area contributed by atoms with Gasteiger partial charge in [-0.25, -0.2) is 0 Å². The van der Waals surface area contributed by atoms with Crippen LogP contribution in [0.2, 0.25) is 0 Å². The van der Waals surface area contributed by atoms with Crippen molar-refractivity contribution >= 4 is 10.2 Å². The molecule has 0 aliphatic carbocycles. The van der Waals surface area contributed by atoms with Crippen LogP contribution in [0.4, 0.5) is 0 Å². The van der Waals surface area contributed by atoms with E-state index in [-0.39, 0.29) is 0 Å². The van der Waals surface area contributed by atoms with Crippen molar-refractivity contribution in [2.24, 2.45) is 0 Å². The summed E-state index contributed by atoms with van der Waals surface area (Å²) in [6.07, 6.45) is 1.97. The Bertz CT molecular complexity index is 545. The fraction of sp³-hybridized carbons (Fsp3) is 0.600. The molecule has 1 fully saturated rings. The number of piperidine rings is 1. The Kier molecular flexibility index (Phi) is 5.37. The van der Waals surface area contributed by atoms with E-state index in [0.29, 0.717) is 25.7 Å². The molecule has 0 radical (unpaired) electrons. The van der Waals surface area contributed by atoms with Gasteiger partial charge >= 0.3 is 0 Å². The molecule has 1 aliphatic rings. The van der Waals surface area contributed by atoms with E-state index in [9.17, 15) is 8.42 Å². The summed E-state index contributed by atoms with van der Waals surface area (Å²) < 4.78 is 28.4. The van der Waals surface area contributed by atoms with E-state index in [1.807, 2.05) is 44.4 Å². The van der Waals surface area contributed by atoms with Gasteiger partial charge in [-0.3, -0.25) is 0 Å². The molecule has 1 aromatic rings. The summed E-state index contributed by atoms with van der Waals surface area (Å²) in [5.74, 6) is 0. The summed E-state index contributed by atoms with van der Waals surface area (Å²) in [5.41, 5.74) is 1.00. The van der Waals surface area contributed by atoms with Gasteiger partial charge in [0, 0.05) is 32.7 Å². The number of hydrogen-bond acceptors (Lipinski definition) is 3. The third-order valence-corrected chi connectivity index (χ3v) is 5.96. The fourth-order valence-electron chi connectivity index (χ4n) is 2.67. The zero-order valence-corrected chi connectivity index (χ0v) is 13.9. The number of benzene rings is 1. The van der Waals surface area contributed by atoms with Gasteiger partial charge in [-0.2, -0.15) is 17.0 Å². The molecule has 1 aromatic carbocycles. The summed E-state index contributed by atoms with van der Waals surface area (Å²) in [6.45, 7) is 1.60. The van der Waals surface area contributed by atoms with Crippen LogP contribution in [0, 0.1) is 0 Å². The predicted molar refractivity (Wildman–Crippen MR) is 85.1 cm³/mol. The van der Waals surface area contributed by atoms with Gasteiger partial charge in [-0.15, -0.1) is 0 Å². The molecule has 0 aromatic heterocycles. The minimum absolute atomic E-state index is 0.304. The van der Waals surface area contributed by atoms with Crippen LogP contribution < -0.4 is 0 Å². The lowest BCUT2D eigenvalue weighted by atomic mass is 10.1. The summed E-state index contributed by atoms with van der Waals surface area (Å²) in [5, 5.41) is 0. The molecule has 5 nitrogen and oxygen atoms in total. The van der Waals surface area contributed by atoms with E-state index in [2.05, 4.69) is 4.90 Å². The van der Waals surface area contributed by atoms with Crippen molar-refractivity contribution in [1.29, 1.82) is 0 Å². The van der Waals surface area contributed by atoms with Gasteiger partial charge in [0.15, 0.2) is 0 Å². The molecule has 1 unspecified atom stereocenters. The van der Waals surface area contributed by atoms with Gasteiger partial charge in [0.05, 0.1) is 0 Å². The number of nitrogens with zero attached hydrogens (tertiary/aromatic N) is 3. The first-order valence-electron chi connectivity index (χ1n) is 7.33. The topological polar surface area (TPSA) is 43.9 Å². The molecule has 0 amide bonds. The van der Waals surface area contributed by atoms with Crippen LogP contribution in [0.3, 0.4) is 0 Å². The lowest BCUT2D eigenvalue weighted by Crippen LogP contribution is -2.51. The van der Waals surface area contributed by atoms with E-state index in [0.717, 1.165) is 18.4 Å². The largest absolute Gasteiger partial charge is 0.305 e. The third kappa shape index (κ3) is 4.03. The summed E-state index contributed by atoms with van der Waals surface area (Å²) in [4.78, 5) is 2.11. The van der Waals surface area contributed by atoms with Crippen LogP contribution in [-0.2, 0) is 16.8 Å². The molecule has 2 rings (SSSR count). The van der Waals surface area contributed by atoms with Gasteiger partial charge in [0.25, 0.3) is 10.2 Å². The molecular weight excluding hydrogens is 286 g/mol. The van der Waals surface area contributed by atoms with Crippen LogP contribution in [0.1, 0.15) is 18.4 Å². The first-order valence-corrected chi connectivity index (χ1v) is 8.72. The first kappa shape index (κ1) is 16.4. The normalized spacial score (nSPS) is 21.1. The second-order valence-corrected chi connectivity index (χ2v) is 7.90. The molecule has 6 heteroatoms. The maximum absolute atomic E-state index is 12.7. The van der Waals surface area contributed by atoms with Gasteiger partial charge in [-0.05, 0) is 32.5 Å². The molecular formula is C15H25N3O2S. The van der Waals surface area contributed by atoms with Crippen LogP contribution in [0.25, 0.3) is 0 Å². The highest BCUT2D eigenvalue weighted by molar-refractivity contribution is 7.86. The molecule has 1 aliphatic heterocycles. The maximum atomic E-state index is 12.7. The Balaban J connectivity index is 2.06. The van der Waals surface area contributed by atoms with Gasteiger partial charge in [0.1, 0.15) is 0 Å². The lowest BCUT2D eigenvalue weighted by molar-refractivity contribution is 0.184. The Hall–Kier alpha value is -0.950.